The minimum Gasteiger partial charge on any atom is -0.491 e. The van der Waals surface area contributed by atoms with Crippen molar-refractivity contribution in [3.63, 3.8) is 0 Å². The van der Waals surface area contributed by atoms with Crippen LogP contribution < -0.4 is 9.47 Å². The molecule has 0 N–H and O–H groups in total. The van der Waals surface area contributed by atoms with E-state index in [9.17, 15) is 8.78 Å². The van der Waals surface area contributed by atoms with Crippen molar-refractivity contribution in [1.29, 1.82) is 0 Å². The van der Waals surface area contributed by atoms with Crippen LogP contribution in [0.1, 0.15) is 27.2 Å². The van der Waals surface area contributed by atoms with Gasteiger partial charge < -0.3 is 9.47 Å². The summed E-state index contributed by atoms with van der Waals surface area (Å²) in [5.74, 6) is -1.71. The van der Waals surface area contributed by atoms with Gasteiger partial charge in [0, 0.05) is 0 Å². The average molecular weight is 270 g/mol. The first-order chi connectivity index (χ1) is 9.06. The molecule has 4 heteroatoms. The summed E-state index contributed by atoms with van der Waals surface area (Å²) in [6.07, 6.45) is 4.67. The summed E-state index contributed by atoms with van der Waals surface area (Å²) >= 11 is 0. The molecule has 0 atom stereocenters. The molecule has 1 aromatic rings. The lowest BCUT2D eigenvalue weighted by atomic mass is 10.2. The highest BCUT2D eigenvalue weighted by atomic mass is 19.2. The molecule has 0 heterocycles. The summed E-state index contributed by atoms with van der Waals surface area (Å²) in [6, 6.07) is 2.76. The molecule has 0 radical (unpaired) electrons. The summed E-state index contributed by atoms with van der Waals surface area (Å²) in [4.78, 5) is 0. The third kappa shape index (κ3) is 4.89. The van der Waals surface area contributed by atoms with Crippen LogP contribution in [0.3, 0.4) is 0 Å². The molecule has 2 nitrogen and oxygen atoms in total. The maximum Gasteiger partial charge on any atom is 0.204 e. The standard InChI is InChI=1S/C15H20F2O2/c1-4-18-12-8-9-13(15(17)14(12)16)19-10-6-5-7-11(2)3/h5,7-9,11H,4,6,10H2,1-3H3/b7-5-. The van der Waals surface area contributed by atoms with Crippen LogP contribution in [0.15, 0.2) is 24.3 Å². The van der Waals surface area contributed by atoms with Crippen molar-refractivity contribution in [2.24, 2.45) is 5.92 Å². The molecule has 0 aromatic heterocycles. The van der Waals surface area contributed by atoms with Crippen molar-refractivity contribution in [1.82, 2.24) is 0 Å². The van der Waals surface area contributed by atoms with Gasteiger partial charge in [-0.05, 0) is 31.4 Å². The van der Waals surface area contributed by atoms with Gasteiger partial charge in [-0.3, -0.25) is 0 Å². The summed E-state index contributed by atoms with van der Waals surface area (Å²) in [6.45, 7) is 6.45. The maximum atomic E-state index is 13.6. The van der Waals surface area contributed by atoms with Crippen LogP contribution in [-0.4, -0.2) is 13.2 Å². The van der Waals surface area contributed by atoms with E-state index in [4.69, 9.17) is 9.47 Å². The smallest absolute Gasteiger partial charge is 0.204 e. The Bertz CT molecular complexity index is 428. The molecule has 0 saturated heterocycles. The quantitative estimate of drug-likeness (QED) is 0.542. The number of ether oxygens (including phenoxy) is 2. The second-order valence-corrected chi connectivity index (χ2v) is 4.43. The Morgan fingerprint density at radius 3 is 2.21 bits per heavy atom. The third-order valence-electron chi connectivity index (χ3n) is 2.37. The lowest BCUT2D eigenvalue weighted by molar-refractivity contribution is 0.285. The Morgan fingerprint density at radius 2 is 1.68 bits per heavy atom. The molecule has 0 aliphatic rings. The Kier molecular flexibility index (Phi) is 6.33. The molecule has 1 rings (SSSR count). The van der Waals surface area contributed by atoms with Gasteiger partial charge >= 0.3 is 0 Å². The Hall–Kier alpha value is -1.58. The molecule has 0 amide bonds. The predicted octanol–water partition coefficient (Wildman–Crippen LogP) is 4.34. The van der Waals surface area contributed by atoms with Gasteiger partial charge in [0.1, 0.15) is 0 Å². The minimum absolute atomic E-state index is 0.0844. The monoisotopic (exact) mass is 270 g/mol. The summed E-state index contributed by atoms with van der Waals surface area (Å²) in [7, 11) is 0. The topological polar surface area (TPSA) is 18.5 Å². The van der Waals surface area contributed by atoms with Crippen LogP contribution in [0, 0.1) is 17.6 Å². The van der Waals surface area contributed by atoms with E-state index in [1.807, 2.05) is 12.2 Å². The molecule has 0 spiro atoms. The van der Waals surface area contributed by atoms with Crippen molar-refractivity contribution in [3.05, 3.63) is 35.9 Å². The fourth-order valence-electron chi connectivity index (χ4n) is 1.50. The number of halogens is 2. The highest BCUT2D eigenvalue weighted by Crippen LogP contribution is 2.27. The fraction of sp³-hybridized carbons (Fsp3) is 0.467. The number of rotatable bonds is 7. The highest BCUT2D eigenvalue weighted by Gasteiger charge is 2.15. The zero-order valence-electron chi connectivity index (χ0n) is 11.6. The molecule has 19 heavy (non-hydrogen) atoms. The zero-order chi connectivity index (χ0) is 14.3. The molecule has 0 fully saturated rings. The molecule has 106 valence electrons. The predicted molar refractivity (Wildman–Crippen MR) is 71.6 cm³/mol. The van der Waals surface area contributed by atoms with Gasteiger partial charge in [-0.25, -0.2) is 0 Å². The fourth-order valence-corrected chi connectivity index (χ4v) is 1.50. The van der Waals surface area contributed by atoms with E-state index < -0.39 is 11.6 Å². The molecule has 0 bridgehead atoms. The maximum absolute atomic E-state index is 13.6. The van der Waals surface area contributed by atoms with Gasteiger partial charge in [0.25, 0.3) is 0 Å². The summed E-state index contributed by atoms with van der Waals surface area (Å²) in [5.41, 5.74) is 0. The molecule has 0 aliphatic heterocycles. The first-order valence-electron chi connectivity index (χ1n) is 6.46. The molecule has 0 saturated carbocycles. The van der Waals surface area contributed by atoms with E-state index in [2.05, 4.69) is 13.8 Å². The Morgan fingerprint density at radius 1 is 1.11 bits per heavy atom. The van der Waals surface area contributed by atoms with Gasteiger partial charge in [-0.15, -0.1) is 0 Å². The Labute approximate surface area is 113 Å². The largest absolute Gasteiger partial charge is 0.491 e. The van der Waals surface area contributed by atoms with Crippen molar-refractivity contribution in [2.45, 2.75) is 27.2 Å². The SMILES string of the molecule is CCOc1ccc(OCC/C=C\C(C)C)c(F)c1F. The van der Waals surface area contributed by atoms with Crippen LogP contribution in [0.25, 0.3) is 0 Å². The summed E-state index contributed by atoms with van der Waals surface area (Å²) < 4.78 is 37.3. The molecule has 0 aliphatic carbocycles. The zero-order valence-corrected chi connectivity index (χ0v) is 11.6. The van der Waals surface area contributed by atoms with Crippen LogP contribution >= 0.6 is 0 Å². The van der Waals surface area contributed by atoms with Gasteiger partial charge in [0.05, 0.1) is 13.2 Å². The second-order valence-electron chi connectivity index (χ2n) is 4.43. The van der Waals surface area contributed by atoms with E-state index >= 15 is 0 Å². The van der Waals surface area contributed by atoms with Crippen molar-refractivity contribution in [3.8, 4) is 11.5 Å². The second kappa shape index (κ2) is 7.77. The van der Waals surface area contributed by atoms with E-state index in [0.29, 0.717) is 18.9 Å². The first-order valence-corrected chi connectivity index (χ1v) is 6.46. The minimum atomic E-state index is -1.00. The molecule has 1 aromatic carbocycles. The van der Waals surface area contributed by atoms with E-state index in [1.54, 1.807) is 6.92 Å². The highest BCUT2D eigenvalue weighted by molar-refractivity contribution is 5.35. The molecular weight excluding hydrogens is 250 g/mol. The van der Waals surface area contributed by atoms with Crippen LogP contribution in [0.2, 0.25) is 0 Å². The van der Waals surface area contributed by atoms with Gasteiger partial charge in [-0.2, -0.15) is 8.78 Å². The van der Waals surface area contributed by atoms with Crippen LogP contribution in [-0.2, 0) is 0 Å². The van der Waals surface area contributed by atoms with Gasteiger partial charge in [0.15, 0.2) is 11.5 Å². The lowest BCUT2D eigenvalue weighted by Gasteiger charge is -2.09. The molecular formula is C15H20F2O2. The van der Waals surface area contributed by atoms with Crippen molar-refractivity contribution < 1.29 is 18.3 Å². The van der Waals surface area contributed by atoms with Crippen molar-refractivity contribution in [2.75, 3.05) is 13.2 Å². The number of hydrogen-bond donors (Lipinski definition) is 0. The Balaban J connectivity index is 2.57. The normalized spacial score (nSPS) is 11.3. The van der Waals surface area contributed by atoms with Crippen LogP contribution in [0.4, 0.5) is 8.78 Å². The van der Waals surface area contributed by atoms with E-state index in [0.717, 1.165) is 0 Å². The van der Waals surface area contributed by atoms with Crippen LogP contribution in [0.5, 0.6) is 11.5 Å². The average Bonchev–Trinajstić information content (AvgIpc) is 2.37. The number of allylic oxidation sites excluding steroid dienone is 1. The van der Waals surface area contributed by atoms with E-state index in [-0.39, 0.29) is 18.1 Å². The van der Waals surface area contributed by atoms with E-state index in [1.165, 1.54) is 12.1 Å². The summed E-state index contributed by atoms with van der Waals surface area (Å²) in [5, 5.41) is 0. The van der Waals surface area contributed by atoms with Gasteiger partial charge in [-0.1, -0.05) is 26.0 Å². The van der Waals surface area contributed by atoms with Gasteiger partial charge in [0.2, 0.25) is 11.6 Å². The lowest BCUT2D eigenvalue weighted by Crippen LogP contribution is -2.02. The third-order valence-corrected chi connectivity index (χ3v) is 2.37. The number of hydrogen-bond acceptors (Lipinski definition) is 2. The number of benzene rings is 1. The van der Waals surface area contributed by atoms with Crippen molar-refractivity contribution >= 4 is 0 Å². The molecule has 0 unspecified atom stereocenters. The first kappa shape index (κ1) is 15.5.